The molecule has 0 saturated carbocycles. The molecule has 1 aromatic carbocycles. The third-order valence-corrected chi connectivity index (χ3v) is 4.36. The Morgan fingerprint density at radius 2 is 1.92 bits per heavy atom. The lowest BCUT2D eigenvalue weighted by Crippen LogP contribution is -2.38. The Hall–Kier alpha value is -2.04. The van der Waals surface area contributed by atoms with Crippen LogP contribution in [0.25, 0.3) is 0 Å². The molecule has 0 unspecified atom stereocenters. The molecule has 2 amide bonds. The fourth-order valence-corrected chi connectivity index (χ4v) is 2.92. The number of thioether (sulfide) groups is 1. The minimum Gasteiger partial charge on any atom is -0.348 e. The first-order chi connectivity index (χ1) is 11.3. The number of nitrogens with zero attached hydrogens (tertiary/aromatic N) is 3. The van der Waals surface area contributed by atoms with Crippen LogP contribution in [0.1, 0.15) is 13.3 Å². The number of nitrogens with one attached hydrogen (secondary N) is 1. The van der Waals surface area contributed by atoms with Gasteiger partial charge in [-0.15, -0.1) is 11.8 Å². The van der Waals surface area contributed by atoms with Crippen LogP contribution < -0.4 is 5.32 Å². The van der Waals surface area contributed by atoms with Crippen molar-refractivity contribution >= 4 is 29.3 Å². The van der Waals surface area contributed by atoms with Crippen molar-refractivity contribution in [3.63, 3.8) is 0 Å². The number of para-hydroxylation sites is 1. The molecule has 0 heterocycles. The molecule has 24 heavy (non-hydrogen) atoms. The van der Waals surface area contributed by atoms with Crippen LogP contribution in [0.4, 0.5) is 5.69 Å². The molecule has 0 radical (unpaired) electrons. The van der Waals surface area contributed by atoms with Gasteiger partial charge < -0.3 is 10.2 Å². The molecule has 1 aromatic rings. The third-order valence-electron chi connectivity index (χ3n) is 3.19. The summed E-state index contributed by atoms with van der Waals surface area (Å²) in [6.45, 7) is 2.30. The normalized spacial score (nSPS) is 11.7. The number of anilines is 1. The molecule has 130 valence electrons. The predicted molar refractivity (Wildman–Crippen MR) is 96.8 cm³/mol. The fourth-order valence-electron chi connectivity index (χ4n) is 1.92. The van der Waals surface area contributed by atoms with Gasteiger partial charge in [-0.05, 0) is 19.2 Å². The second-order valence-corrected chi connectivity index (χ2v) is 7.28. The maximum absolute atomic E-state index is 12.2. The van der Waals surface area contributed by atoms with Crippen molar-refractivity contribution in [2.24, 2.45) is 0 Å². The molecule has 0 spiro atoms. The quantitative estimate of drug-likeness (QED) is 0.728. The van der Waals surface area contributed by atoms with Gasteiger partial charge >= 0.3 is 0 Å². The van der Waals surface area contributed by atoms with Gasteiger partial charge in [-0.1, -0.05) is 19.1 Å². The van der Waals surface area contributed by atoms with Crippen molar-refractivity contribution in [2.45, 2.75) is 23.5 Å². The minimum absolute atomic E-state index is 0.0495. The number of rotatable bonds is 8. The number of likely N-dealkylation sites (N-methyl/N-ethyl adjacent to an activating group) is 2. The Kier molecular flexibility index (Phi) is 8.30. The van der Waals surface area contributed by atoms with E-state index in [9.17, 15) is 9.59 Å². The summed E-state index contributed by atoms with van der Waals surface area (Å²) in [6.07, 6.45) is 0.447. The van der Waals surface area contributed by atoms with Crippen LogP contribution in [0.2, 0.25) is 0 Å². The van der Waals surface area contributed by atoms with Crippen molar-refractivity contribution in [3.8, 4) is 6.07 Å². The molecule has 1 atom stereocenters. The summed E-state index contributed by atoms with van der Waals surface area (Å²) >= 11 is 1.56. The highest BCUT2D eigenvalue weighted by Crippen LogP contribution is 2.31. The highest BCUT2D eigenvalue weighted by atomic mass is 32.2. The summed E-state index contributed by atoms with van der Waals surface area (Å²) < 4.78 is 0. The minimum atomic E-state index is -0.176. The van der Waals surface area contributed by atoms with E-state index in [2.05, 4.69) is 11.4 Å². The zero-order chi connectivity index (χ0) is 18.1. The number of benzene rings is 1. The van der Waals surface area contributed by atoms with E-state index < -0.39 is 0 Å². The highest BCUT2D eigenvalue weighted by Gasteiger charge is 2.14. The zero-order valence-corrected chi connectivity index (χ0v) is 15.4. The first-order valence-electron chi connectivity index (χ1n) is 7.64. The van der Waals surface area contributed by atoms with Gasteiger partial charge in [-0.25, -0.2) is 0 Å². The molecule has 1 rings (SSSR count). The maximum Gasteiger partial charge on any atom is 0.238 e. The molecular weight excluding hydrogens is 324 g/mol. The second-order valence-electron chi connectivity index (χ2n) is 5.80. The molecule has 7 heteroatoms. The molecule has 0 saturated heterocycles. The van der Waals surface area contributed by atoms with E-state index in [1.54, 1.807) is 37.8 Å². The molecule has 1 N–H and O–H groups in total. The molecule has 0 aliphatic heterocycles. The molecule has 6 nitrogen and oxygen atoms in total. The van der Waals surface area contributed by atoms with Crippen molar-refractivity contribution < 1.29 is 9.59 Å². The largest absolute Gasteiger partial charge is 0.348 e. The number of nitriles is 1. The average molecular weight is 348 g/mol. The van der Waals surface area contributed by atoms with E-state index in [4.69, 9.17) is 5.26 Å². The van der Waals surface area contributed by atoms with Crippen molar-refractivity contribution in [2.75, 3.05) is 39.5 Å². The maximum atomic E-state index is 12.2. The first kappa shape index (κ1) is 20.0. The van der Waals surface area contributed by atoms with E-state index in [0.29, 0.717) is 6.42 Å². The van der Waals surface area contributed by atoms with Crippen LogP contribution >= 0.6 is 11.8 Å². The summed E-state index contributed by atoms with van der Waals surface area (Å²) in [5.74, 6) is -0.225. The number of carbonyl (C=O) groups is 2. The lowest BCUT2D eigenvalue weighted by atomic mass is 10.3. The van der Waals surface area contributed by atoms with Crippen LogP contribution in [0.15, 0.2) is 29.2 Å². The Morgan fingerprint density at radius 1 is 1.25 bits per heavy atom. The second kappa shape index (κ2) is 9.96. The summed E-state index contributed by atoms with van der Waals surface area (Å²) in [5, 5.41) is 11.8. The Bertz CT molecular complexity index is 613. The molecular formula is C17H24N4O2S. The Balaban J connectivity index is 2.64. The van der Waals surface area contributed by atoms with Crippen molar-refractivity contribution in [1.82, 2.24) is 9.80 Å². The van der Waals surface area contributed by atoms with E-state index in [1.165, 1.54) is 4.90 Å². The van der Waals surface area contributed by atoms with Crippen LogP contribution in [0.5, 0.6) is 0 Å². The van der Waals surface area contributed by atoms with E-state index in [1.807, 2.05) is 31.2 Å². The van der Waals surface area contributed by atoms with Gasteiger partial charge in [-0.2, -0.15) is 5.26 Å². The Morgan fingerprint density at radius 3 is 2.54 bits per heavy atom. The predicted octanol–water partition coefficient (Wildman–Crippen LogP) is 2.04. The van der Waals surface area contributed by atoms with Crippen LogP contribution in [0.3, 0.4) is 0 Å². The van der Waals surface area contributed by atoms with Gasteiger partial charge in [0.1, 0.15) is 0 Å². The van der Waals surface area contributed by atoms with E-state index in [0.717, 1.165) is 10.6 Å². The van der Waals surface area contributed by atoms with Crippen LogP contribution in [-0.2, 0) is 9.59 Å². The molecule has 0 aromatic heterocycles. The van der Waals surface area contributed by atoms with Crippen LogP contribution in [-0.4, -0.2) is 61.1 Å². The topological polar surface area (TPSA) is 76.4 Å². The molecule has 0 aliphatic carbocycles. The number of hydrogen-bond acceptors (Lipinski definition) is 5. The Labute approximate surface area is 147 Å². The lowest BCUT2D eigenvalue weighted by Gasteiger charge is -2.19. The fraction of sp³-hybridized carbons (Fsp3) is 0.471. The van der Waals surface area contributed by atoms with Gasteiger partial charge in [0, 0.05) is 30.7 Å². The molecule has 0 aliphatic rings. The van der Waals surface area contributed by atoms with E-state index in [-0.39, 0.29) is 30.2 Å². The third kappa shape index (κ3) is 7.02. The monoisotopic (exact) mass is 348 g/mol. The number of amides is 2. The van der Waals surface area contributed by atoms with Crippen LogP contribution in [0, 0.1) is 11.3 Å². The zero-order valence-electron chi connectivity index (χ0n) is 14.6. The molecule has 0 fully saturated rings. The van der Waals surface area contributed by atoms with E-state index >= 15 is 0 Å². The van der Waals surface area contributed by atoms with Gasteiger partial charge in [0.05, 0.1) is 24.8 Å². The smallest absolute Gasteiger partial charge is 0.238 e. The average Bonchev–Trinajstić information content (AvgIpc) is 2.49. The number of hydrogen-bond donors (Lipinski definition) is 1. The molecule has 0 bridgehead atoms. The summed E-state index contributed by atoms with van der Waals surface area (Å²) in [7, 11) is 5.11. The van der Waals surface area contributed by atoms with Crippen molar-refractivity contribution in [3.05, 3.63) is 24.3 Å². The van der Waals surface area contributed by atoms with Gasteiger partial charge in [0.15, 0.2) is 0 Å². The SMILES string of the molecule is C[C@H](CC#N)Sc1ccccc1NC(=O)CN(C)CC(=O)N(C)C. The number of carbonyl (C=O) groups excluding carboxylic acids is 2. The summed E-state index contributed by atoms with van der Waals surface area (Å²) in [5.41, 5.74) is 0.727. The van der Waals surface area contributed by atoms with Gasteiger partial charge in [-0.3, -0.25) is 14.5 Å². The van der Waals surface area contributed by atoms with Crippen molar-refractivity contribution in [1.29, 1.82) is 5.26 Å². The van der Waals surface area contributed by atoms with Gasteiger partial charge in [0.25, 0.3) is 0 Å². The van der Waals surface area contributed by atoms with Gasteiger partial charge in [0.2, 0.25) is 11.8 Å². The highest BCUT2D eigenvalue weighted by molar-refractivity contribution is 8.00. The standard InChI is InChI=1S/C17H24N4O2S/c1-13(9-10-18)24-15-8-6-5-7-14(15)19-16(22)11-21(4)12-17(23)20(2)3/h5-8,13H,9,11-12H2,1-4H3,(H,19,22)/t13-/m1/s1. The first-order valence-corrected chi connectivity index (χ1v) is 8.52. The lowest BCUT2D eigenvalue weighted by molar-refractivity contribution is -0.130. The summed E-state index contributed by atoms with van der Waals surface area (Å²) in [4.78, 5) is 28.0. The summed E-state index contributed by atoms with van der Waals surface area (Å²) in [6, 6.07) is 9.67.